The minimum absolute atomic E-state index is 0.584. The summed E-state index contributed by atoms with van der Waals surface area (Å²) in [5, 5.41) is 6.51. The highest BCUT2D eigenvalue weighted by atomic mass is 16.4. The van der Waals surface area contributed by atoms with Crippen LogP contribution in [-0.2, 0) is 0 Å². The van der Waals surface area contributed by atoms with Crippen LogP contribution in [0.15, 0.2) is 183 Å². The van der Waals surface area contributed by atoms with Crippen LogP contribution in [0.5, 0.6) is 0 Å². The minimum atomic E-state index is 0.584. The first-order valence-electron chi connectivity index (χ1n) is 17.4. The smallest absolute Gasteiger partial charge is 0.227 e. The third-order valence-electron chi connectivity index (χ3n) is 10.1. The predicted molar refractivity (Wildman–Crippen MR) is 212 cm³/mol. The fourth-order valence-electron chi connectivity index (χ4n) is 7.65. The Bertz CT molecular complexity index is 3130. The molecule has 8 aromatic carbocycles. The van der Waals surface area contributed by atoms with Crippen LogP contribution in [0.3, 0.4) is 0 Å². The van der Waals surface area contributed by atoms with E-state index in [1.165, 1.54) is 16.3 Å². The largest absolute Gasteiger partial charge is 0.456 e. The lowest BCUT2D eigenvalue weighted by molar-refractivity contribution is 0.622. The fraction of sp³-hybridized carbons (Fsp3) is 0. The Morgan fingerprint density at radius 2 is 1.08 bits per heavy atom. The molecule has 5 heteroatoms. The molecule has 0 N–H and O–H groups in total. The van der Waals surface area contributed by atoms with Gasteiger partial charge in [-0.05, 0) is 94.7 Å². The average molecular weight is 669 g/mol. The number of rotatable bonds is 5. The lowest BCUT2D eigenvalue weighted by Crippen LogP contribution is -2.09. The van der Waals surface area contributed by atoms with Gasteiger partial charge in [-0.15, -0.1) is 0 Å². The number of furan rings is 2. The van der Waals surface area contributed by atoms with Crippen molar-refractivity contribution in [2.45, 2.75) is 0 Å². The van der Waals surface area contributed by atoms with Crippen molar-refractivity contribution in [2.24, 2.45) is 0 Å². The molecule has 0 atom stereocenters. The Kier molecular flexibility index (Phi) is 6.18. The maximum absolute atomic E-state index is 6.47. The fourth-order valence-corrected chi connectivity index (χ4v) is 7.65. The molecule has 0 unspecified atom stereocenters. The number of anilines is 3. The van der Waals surface area contributed by atoms with E-state index in [2.05, 4.69) is 108 Å². The standard InChI is InChI=1S/C47H28N2O3/c1-2-10-31(11-3-1)47-48-40-24-26-43-45(46(40)52-47)39-27-33(22-25-42(39)50-43)49(34-21-23-38-37-14-6-7-16-41(37)51-44(38)28-34)32-19-17-30(18-20-32)36-15-8-12-29-9-4-5-13-35(29)36/h1-28H. The third kappa shape index (κ3) is 4.46. The normalized spacial score (nSPS) is 11.8. The van der Waals surface area contributed by atoms with Crippen molar-refractivity contribution in [1.82, 2.24) is 4.98 Å². The Hall–Kier alpha value is -7.11. The number of hydrogen-bond acceptors (Lipinski definition) is 5. The van der Waals surface area contributed by atoms with E-state index in [4.69, 9.17) is 18.2 Å². The van der Waals surface area contributed by atoms with Gasteiger partial charge in [0, 0.05) is 44.9 Å². The lowest BCUT2D eigenvalue weighted by Gasteiger charge is -2.26. The molecular formula is C47H28N2O3. The molecule has 0 saturated heterocycles. The van der Waals surface area contributed by atoms with Gasteiger partial charge < -0.3 is 18.2 Å². The highest BCUT2D eigenvalue weighted by Gasteiger charge is 2.21. The number of hydrogen-bond donors (Lipinski definition) is 0. The maximum atomic E-state index is 6.47. The number of aromatic nitrogens is 1. The molecule has 0 amide bonds. The summed E-state index contributed by atoms with van der Waals surface area (Å²) >= 11 is 0. The summed E-state index contributed by atoms with van der Waals surface area (Å²) in [6.45, 7) is 0. The number of para-hydroxylation sites is 1. The molecule has 0 bridgehead atoms. The summed E-state index contributed by atoms with van der Waals surface area (Å²) < 4.78 is 19.2. The van der Waals surface area contributed by atoms with Gasteiger partial charge in [0.1, 0.15) is 27.8 Å². The quantitative estimate of drug-likeness (QED) is 0.183. The summed E-state index contributed by atoms with van der Waals surface area (Å²) in [6.07, 6.45) is 0. The van der Waals surface area contributed by atoms with Gasteiger partial charge in [0.05, 0.1) is 5.39 Å². The second-order valence-electron chi connectivity index (χ2n) is 13.1. The zero-order chi connectivity index (χ0) is 34.2. The van der Waals surface area contributed by atoms with Crippen LogP contribution < -0.4 is 4.90 Å². The van der Waals surface area contributed by atoms with Crippen molar-refractivity contribution in [3.05, 3.63) is 170 Å². The van der Waals surface area contributed by atoms with Crippen molar-refractivity contribution >= 4 is 82.8 Å². The van der Waals surface area contributed by atoms with E-state index in [-0.39, 0.29) is 0 Å². The number of benzene rings is 8. The van der Waals surface area contributed by atoms with Gasteiger partial charge in [-0.2, -0.15) is 0 Å². The van der Waals surface area contributed by atoms with Crippen molar-refractivity contribution in [3.63, 3.8) is 0 Å². The molecule has 52 heavy (non-hydrogen) atoms. The van der Waals surface area contributed by atoms with Crippen molar-refractivity contribution in [2.75, 3.05) is 4.90 Å². The molecule has 0 aliphatic heterocycles. The van der Waals surface area contributed by atoms with Crippen molar-refractivity contribution < 1.29 is 13.3 Å². The summed E-state index contributed by atoms with van der Waals surface area (Å²) in [5.41, 5.74) is 11.0. The molecule has 5 nitrogen and oxygen atoms in total. The summed E-state index contributed by atoms with van der Waals surface area (Å²) in [7, 11) is 0. The SMILES string of the molecule is c1ccc(-c2nc3ccc4oc5ccc(N(c6ccc(-c7cccc8ccccc78)cc6)c6ccc7c(c6)oc6ccccc67)cc5c4c3o2)cc1. The molecule has 11 aromatic rings. The van der Waals surface area contributed by atoms with Crippen LogP contribution in [0, 0.1) is 0 Å². The molecule has 0 saturated carbocycles. The number of oxazole rings is 1. The van der Waals surface area contributed by atoms with E-state index in [1.54, 1.807) is 0 Å². The monoisotopic (exact) mass is 668 g/mol. The highest BCUT2D eigenvalue weighted by Crippen LogP contribution is 2.43. The molecule has 0 radical (unpaired) electrons. The van der Waals surface area contributed by atoms with Crippen LogP contribution in [0.4, 0.5) is 17.1 Å². The molecule has 0 spiro atoms. The Morgan fingerprint density at radius 1 is 0.404 bits per heavy atom. The zero-order valence-electron chi connectivity index (χ0n) is 27.8. The van der Waals surface area contributed by atoms with E-state index in [1.807, 2.05) is 66.7 Å². The van der Waals surface area contributed by atoms with Crippen molar-refractivity contribution in [1.29, 1.82) is 0 Å². The molecule has 3 aromatic heterocycles. The van der Waals surface area contributed by atoms with E-state index >= 15 is 0 Å². The Labute approximate surface area is 297 Å². The molecule has 0 fully saturated rings. The summed E-state index contributed by atoms with van der Waals surface area (Å²) in [5.74, 6) is 0.584. The van der Waals surface area contributed by atoms with E-state index in [0.29, 0.717) is 11.5 Å². The van der Waals surface area contributed by atoms with E-state index in [9.17, 15) is 0 Å². The lowest BCUT2D eigenvalue weighted by atomic mass is 9.98. The van der Waals surface area contributed by atoms with Gasteiger partial charge in [-0.1, -0.05) is 91.0 Å². The van der Waals surface area contributed by atoms with Crippen LogP contribution in [0.2, 0.25) is 0 Å². The van der Waals surface area contributed by atoms with Crippen LogP contribution in [0.1, 0.15) is 0 Å². The molecule has 0 aliphatic rings. The first-order valence-corrected chi connectivity index (χ1v) is 17.4. The predicted octanol–water partition coefficient (Wildman–Crippen LogP) is 13.6. The molecule has 0 aliphatic carbocycles. The van der Waals surface area contributed by atoms with Crippen LogP contribution >= 0.6 is 0 Å². The van der Waals surface area contributed by atoms with Gasteiger partial charge in [0.2, 0.25) is 5.89 Å². The highest BCUT2D eigenvalue weighted by molar-refractivity contribution is 6.17. The number of fused-ring (bicyclic) bond motifs is 9. The van der Waals surface area contributed by atoms with Gasteiger partial charge >= 0.3 is 0 Å². The molecule has 244 valence electrons. The molecular weight excluding hydrogens is 641 g/mol. The first-order chi connectivity index (χ1) is 25.7. The Balaban J connectivity index is 1.10. The summed E-state index contributed by atoms with van der Waals surface area (Å²) in [4.78, 5) is 7.11. The molecule has 11 rings (SSSR count). The first kappa shape index (κ1) is 28.7. The van der Waals surface area contributed by atoms with E-state index < -0.39 is 0 Å². The third-order valence-corrected chi connectivity index (χ3v) is 10.1. The summed E-state index contributed by atoms with van der Waals surface area (Å²) in [6, 6.07) is 58.7. The van der Waals surface area contributed by atoms with Gasteiger partial charge in [-0.3, -0.25) is 0 Å². The average Bonchev–Trinajstić information content (AvgIpc) is 3.91. The maximum Gasteiger partial charge on any atom is 0.227 e. The topological polar surface area (TPSA) is 55.6 Å². The van der Waals surface area contributed by atoms with Gasteiger partial charge in [-0.25, -0.2) is 4.98 Å². The number of nitrogens with zero attached hydrogens (tertiary/aromatic N) is 2. The zero-order valence-corrected chi connectivity index (χ0v) is 27.8. The second-order valence-corrected chi connectivity index (χ2v) is 13.1. The minimum Gasteiger partial charge on any atom is -0.456 e. The van der Waals surface area contributed by atoms with Crippen LogP contribution in [0.25, 0.3) is 88.3 Å². The van der Waals surface area contributed by atoms with Crippen molar-refractivity contribution in [3.8, 4) is 22.6 Å². The van der Waals surface area contributed by atoms with Gasteiger partial charge in [0.25, 0.3) is 0 Å². The second kappa shape index (κ2) is 11.2. The van der Waals surface area contributed by atoms with E-state index in [0.717, 1.165) is 77.6 Å². The van der Waals surface area contributed by atoms with Gasteiger partial charge in [0.15, 0.2) is 5.58 Å². The Morgan fingerprint density at radius 3 is 1.98 bits per heavy atom. The van der Waals surface area contributed by atoms with Crippen LogP contribution in [-0.4, -0.2) is 4.98 Å². The molecule has 3 heterocycles.